The third kappa shape index (κ3) is 3.56. The van der Waals surface area contributed by atoms with Crippen LogP contribution in [0.5, 0.6) is 5.75 Å². The first-order chi connectivity index (χ1) is 9.06. The Morgan fingerprint density at radius 3 is 2.47 bits per heavy atom. The van der Waals surface area contributed by atoms with Crippen molar-refractivity contribution in [3.05, 3.63) is 62.4 Å². The molecule has 0 aliphatic carbocycles. The molecule has 98 valence electrons. The van der Waals surface area contributed by atoms with E-state index in [0.29, 0.717) is 21.6 Å². The fourth-order valence-electron chi connectivity index (χ4n) is 1.37. The maximum atomic E-state index is 10.5. The van der Waals surface area contributed by atoms with E-state index < -0.39 is 4.92 Å². The number of aromatic nitrogens is 1. The molecule has 0 radical (unpaired) electrons. The van der Waals surface area contributed by atoms with E-state index in [2.05, 4.69) is 4.98 Å². The average Bonchev–Trinajstić information content (AvgIpc) is 2.40. The number of hydrogen-bond donors (Lipinski definition) is 0. The number of nitro benzene ring substituents is 1. The Morgan fingerprint density at radius 2 is 1.84 bits per heavy atom. The van der Waals surface area contributed by atoms with Gasteiger partial charge in [-0.3, -0.25) is 10.1 Å². The summed E-state index contributed by atoms with van der Waals surface area (Å²) in [5.74, 6) is 0.489. The summed E-state index contributed by atoms with van der Waals surface area (Å²) in [6.45, 7) is 0.136. The number of benzene rings is 1. The summed E-state index contributed by atoms with van der Waals surface area (Å²) < 4.78 is 5.43. The predicted octanol–water partition coefficient (Wildman–Crippen LogP) is 3.88. The van der Waals surface area contributed by atoms with E-state index >= 15 is 0 Å². The van der Waals surface area contributed by atoms with Crippen LogP contribution in [0.4, 0.5) is 5.69 Å². The molecule has 0 fully saturated rings. The van der Waals surface area contributed by atoms with Gasteiger partial charge in [0.25, 0.3) is 5.69 Å². The first kappa shape index (κ1) is 13.6. The molecule has 1 aromatic carbocycles. The molecule has 0 bridgehead atoms. The van der Waals surface area contributed by atoms with E-state index in [1.165, 1.54) is 24.3 Å². The maximum Gasteiger partial charge on any atom is 0.269 e. The monoisotopic (exact) mass is 298 g/mol. The van der Waals surface area contributed by atoms with Crippen molar-refractivity contribution in [2.24, 2.45) is 0 Å². The van der Waals surface area contributed by atoms with Gasteiger partial charge in [0.1, 0.15) is 17.5 Å². The van der Waals surface area contributed by atoms with Crippen LogP contribution in [0.15, 0.2) is 36.4 Å². The Labute approximate surface area is 118 Å². The van der Waals surface area contributed by atoms with Crippen molar-refractivity contribution >= 4 is 28.9 Å². The highest BCUT2D eigenvalue weighted by molar-refractivity contribution is 6.32. The second kappa shape index (κ2) is 5.86. The van der Waals surface area contributed by atoms with E-state index in [4.69, 9.17) is 27.9 Å². The van der Waals surface area contributed by atoms with Gasteiger partial charge in [-0.1, -0.05) is 23.2 Å². The Kier molecular flexibility index (Phi) is 4.19. The molecule has 0 unspecified atom stereocenters. The Bertz CT molecular complexity index is 602. The average molecular weight is 299 g/mol. The Morgan fingerprint density at radius 1 is 1.16 bits per heavy atom. The van der Waals surface area contributed by atoms with Gasteiger partial charge in [0, 0.05) is 12.1 Å². The molecule has 0 N–H and O–H groups in total. The molecular weight excluding hydrogens is 291 g/mol. The standard InChI is InChI=1S/C12H8Cl2N2O3/c13-10-5-6-12(14)15-11(10)7-19-9-3-1-8(2-4-9)16(17)18/h1-6H,7H2. The minimum Gasteiger partial charge on any atom is -0.487 e. The third-order valence-electron chi connectivity index (χ3n) is 2.31. The van der Waals surface area contributed by atoms with Gasteiger partial charge in [0.05, 0.1) is 15.6 Å². The summed E-state index contributed by atoms with van der Waals surface area (Å²) in [4.78, 5) is 14.1. The number of ether oxygens (including phenoxy) is 1. The Balaban J connectivity index is 2.06. The molecule has 5 nitrogen and oxygen atoms in total. The highest BCUT2D eigenvalue weighted by Crippen LogP contribution is 2.21. The van der Waals surface area contributed by atoms with Gasteiger partial charge in [0.15, 0.2) is 0 Å². The van der Waals surface area contributed by atoms with E-state index in [0.717, 1.165) is 0 Å². The van der Waals surface area contributed by atoms with E-state index in [1.807, 2.05) is 0 Å². The molecule has 0 saturated carbocycles. The molecule has 0 spiro atoms. The molecule has 0 amide bonds. The van der Waals surface area contributed by atoms with Gasteiger partial charge in [0.2, 0.25) is 0 Å². The molecule has 1 aromatic heterocycles. The molecular formula is C12H8Cl2N2O3. The van der Waals surface area contributed by atoms with Crippen molar-refractivity contribution in [1.82, 2.24) is 4.98 Å². The zero-order valence-electron chi connectivity index (χ0n) is 9.55. The van der Waals surface area contributed by atoms with Crippen LogP contribution in [-0.2, 0) is 6.61 Å². The van der Waals surface area contributed by atoms with Crippen LogP contribution in [-0.4, -0.2) is 9.91 Å². The smallest absolute Gasteiger partial charge is 0.269 e. The topological polar surface area (TPSA) is 65.3 Å². The summed E-state index contributed by atoms with van der Waals surface area (Å²) in [5, 5.41) is 11.3. The fraction of sp³-hybridized carbons (Fsp3) is 0.0833. The van der Waals surface area contributed by atoms with Gasteiger partial charge in [-0.2, -0.15) is 0 Å². The summed E-state index contributed by atoms with van der Waals surface area (Å²) in [6.07, 6.45) is 0. The van der Waals surface area contributed by atoms with E-state index in [-0.39, 0.29) is 12.3 Å². The maximum absolute atomic E-state index is 10.5. The lowest BCUT2D eigenvalue weighted by Gasteiger charge is -2.07. The zero-order valence-corrected chi connectivity index (χ0v) is 11.1. The van der Waals surface area contributed by atoms with Gasteiger partial charge in [-0.05, 0) is 24.3 Å². The molecule has 19 heavy (non-hydrogen) atoms. The zero-order chi connectivity index (χ0) is 13.8. The van der Waals surface area contributed by atoms with Gasteiger partial charge in [-0.15, -0.1) is 0 Å². The van der Waals surface area contributed by atoms with Crippen molar-refractivity contribution in [3.8, 4) is 5.75 Å². The number of pyridine rings is 1. The van der Waals surface area contributed by atoms with Gasteiger partial charge >= 0.3 is 0 Å². The summed E-state index contributed by atoms with van der Waals surface area (Å²) in [7, 11) is 0. The molecule has 0 saturated heterocycles. The van der Waals surface area contributed by atoms with E-state index in [9.17, 15) is 10.1 Å². The third-order valence-corrected chi connectivity index (χ3v) is 2.86. The number of non-ortho nitro benzene ring substituents is 1. The van der Waals surface area contributed by atoms with Crippen molar-refractivity contribution in [1.29, 1.82) is 0 Å². The van der Waals surface area contributed by atoms with Gasteiger partial charge < -0.3 is 4.74 Å². The molecule has 0 aliphatic heterocycles. The molecule has 0 aliphatic rings. The fourth-order valence-corrected chi connectivity index (χ4v) is 1.70. The molecule has 2 aromatic rings. The quantitative estimate of drug-likeness (QED) is 0.488. The van der Waals surface area contributed by atoms with Crippen molar-refractivity contribution in [2.75, 3.05) is 0 Å². The van der Waals surface area contributed by atoms with Crippen molar-refractivity contribution < 1.29 is 9.66 Å². The van der Waals surface area contributed by atoms with E-state index in [1.54, 1.807) is 12.1 Å². The number of hydrogen-bond acceptors (Lipinski definition) is 4. The number of halogens is 2. The van der Waals surface area contributed by atoms with Crippen LogP contribution in [0.1, 0.15) is 5.69 Å². The first-order valence-corrected chi connectivity index (χ1v) is 6.00. The number of nitro groups is 1. The largest absolute Gasteiger partial charge is 0.487 e. The van der Waals surface area contributed by atoms with Crippen LogP contribution in [0, 0.1) is 10.1 Å². The summed E-state index contributed by atoms with van der Waals surface area (Å²) in [6, 6.07) is 8.96. The van der Waals surface area contributed by atoms with Gasteiger partial charge in [-0.25, -0.2) is 4.98 Å². The second-order valence-corrected chi connectivity index (χ2v) is 4.40. The minimum atomic E-state index is -0.473. The summed E-state index contributed by atoms with van der Waals surface area (Å²) >= 11 is 11.7. The molecule has 1 heterocycles. The number of nitrogens with zero attached hydrogens (tertiary/aromatic N) is 2. The molecule has 7 heteroatoms. The lowest BCUT2D eigenvalue weighted by atomic mass is 10.3. The lowest BCUT2D eigenvalue weighted by molar-refractivity contribution is -0.384. The van der Waals surface area contributed by atoms with Crippen molar-refractivity contribution in [2.45, 2.75) is 6.61 Å². The predicted molar refractivity (Wildman–Crippen MR) is 71.7 cm³/mol. The lowest BCUT2D eigenvalue weighted by Crippen LogP contribution is -1.99. The molecule has 0 atom stereocenters. The van der Waals surface area contributed by atoms with Crippen molar-refractivity contribution in [3.63, 3.8) is 0 Å². The van der Waals surface area contributed by atoms with Crippen LogP contribution in [0.2, 0.25) is 10.2 Å². The van der Waals surface area contributed by atoms with Crippen LogP contribution >= 0.6 is 23.2 Å². The normalized spacial score (nSPS) is 10.2. The second-order valence-electron chi connectivity index (χ2n) is 3.60. The Hall–Kier alpha value is -1.85. The SMILES string of the molecule is O=[N+]([O-])c1ccc(OCc2nc(Cl)ccc2Cl)cc1. The van der Waals surface area contributed by atoms with Crippen LogP contribution in [0.3, 0.4) is 0 Å². The van der Waals surface area contributed by atoms with Crippen LogP contribution in [0.25, 0.3) is 0 Å². The van der Waals surface area contributed by atoms with Crippen LogP contribution < -0.4 is 4.74 Å². The molecule has 2 rings (SSSR count). The number of rotatable bonds is 4. The first-order valence-electron chi connectivity index (χ1n) is 5.24. The summed E-state index contributed by atoms with van der Waals surface area (Å²) in [5.41, 5.74) is 0.513. The highest BCUT2D eigenvalue weighted by atomic mass is 35.5. The minimum absolute atomic E-state index is 0.00580. The highest BCUT2D eigenvalue weighted by Gasteiger charge is 2.07.